The minimum absolute atomic E-state index is 0.137. The van der Waals surface area contributed by atoms with E-state index in [-0.39, 0.29) is 12.0 Å². The van der Waals surface area contributed by atoms with E-state index in [2.05, 4.69) is 20.6 Å². The molecule has 0 aliphatic heterocycles. The number of carbonyl (C=O) groups is 2. The number of nitrogens with one attached hydrogen (secondary N) is 3. The minimum atomic E-state index is -1.03. The van der Waals surface area contributed by atoms with Gasteiger partial charge in [0.25, 0.3) is 0 Å². The summed E-state index contributed by atoms with van der Waals surface area (Å²) >= 11 is 0. The molecule has 1 rings (SSSR count). The summed E-state index contributed by atoms with van der Waals surface area (Å²) in [6, 6.07) is -1.73. The average molecular weight is 268 g/mol. The zero-order chi connectivity index (χ0) is 14.4. The number of carbonyl (C=O) groups excluding carboxylic acids is 1. The van der Waals surface area contributed by atoms with E-state index in [1.807, 2.05) is 6.92 Å². The summed E-state index contributed by atoms with van der Waals surface area (Å²) in [5.41, 5.74) is 0. The fourth-order valence-corrected chi connectivity index (χ4v) is 1.65. The zero-order valence-electron chi connectivity index (χ0n) is 11.3. The first-order valence-electron chi connectivity index (χ1n) is 6.24. The van der Waals surface area contributed by atoms with Crippen LogP contribution in [0.4, 0.5) is 4.79 Å². The van der Waals surface area contributed by atoms with Gasteiger partial charge in [0.05, 0.1) is 6.04 Å². The molecule has 0 saturated heterocycles. The van der Waals surface area contributed by atoms with Gasteiger partial charge < -0.3 is 20.7 Å². The summed E-state index contributed by atoms with van der Waals surface area (Å²) in [6.07, 6.45) is 3.92. The van der Waals surface area contributed by atoms with E-state index in [1.165, 1.54) is 0 Å². The molecule has 0 aromatic carbocycles. The predicted octanol–water partition coefficient (Wildman–Crippen LogP) is 1.27. The maximum absolute atomic E-state index is 11.8. The summed E-state index contributed by atoms with van der Waals surface area (Å²) in [6.45, 7) is 5.43. The van der Waals surface area contributed by atoms with Crippen molar-refractivity contribution in [3.05, 3.63) is 18.2 Å². The van der Waals surface area contributed by atoms with Crippen LogP contribution in [-0.2, 0) is 4.79 Å². The average Bonchev–Trinajstić information content (AvgIpc) is 2.88. The molecule has 0 spiro atoms. The molecule has 2 unspecified atom stereocenters. The van der Waals surface area contributed by atoms with Crippen LogP contribution in [0.15, 0.2) is 12.4 Å². The standard InChI is InChI=1S/C12H20N4O3/c1-4-7(2)9(11(17)18)16-12(19)15-8(3)10-13-5-6-14-10/h5-9H,4H2,1-3H3,(H,13,14)(H,17,18)(H2,15,16,19)/t7?,8?,9-/m0/s1. The Labute approximate surface area is 111 Å². The van der Waals surface area contributed by atoms with Crippen molar-refractivity contribution in [2.24, 2.45) is 5.92 Å². The third-order valence-electron chi connectivity index (χ3n) is 3.04. The van der Waals surface area contributed by atoms with Crippen LogP contribution in [0.5, 0.6) is 0 Å². The van der Waals surface area contributed by atoms with E-state index in [0.717, 1.165) is 0 Å². The third-order valence-corrected chi connectivity index (χ3v) is 3.04. The normalized spacial score (nSPS) is 15.3. The number of imidazole rings is 1. The lowest BCUT2D eigenvalue weighted by Gasteiger charge is -2.21. The molecule has 0 fully saturated rings. The van der Waals surface area contributed by atoms with Crippen LogP contribution in [0.25, 0.3) is 0 Å². The van der Waals surface area contributed by atoms with Crippen LogP contribution in [0.3, 0.4) is 0 Å². The molecule has 1 heterocycles. The van der Waals surface area contributed by atoms with E-state index in [4.69, 9.17) is 5.11 Å². The molecule has 4 N–H and O–H groups in total. The van der Waals surface area contributed by atoms with Crippen molar-refractivity contribution in [2.75, 3.05) is 0 Å². The van der Waals surface area contributed by atoms with Gasteiger partial charge in [-0.25, -0.2) is 14.6 Å². The largest absolute Gasteiger partial charge is 0.480 e. The first-order chi connectivity index (χ1) is 8.95. The Bertz CT molecular complexity index is 419. The third kappa shape index (κ3) is 4.27. The Morgan fingerprint density at radius 3 is 2.58 bits per heavy atom. The monoisotopic (exact) mass is 268 g/mol. The Morgan fingerprint density at radius 1 is 1.42 bits per heavy atom. The second-order valence-electron chi connectivity index (χ2n) is 4.52. The van der Waals surface area contributed by atoms with Crippen molar-refractivity contribution in [3.8, 4) is 0 Å². The Kier molecular flexibility index (Phi) is 5.35. The van der Waals surface area contributed by atoms with Gasteiger partial charge in [-0.05, 0) is 12.8 Å². The minimum Gasteiger partial charge on any atom is -0.480 e. The van der Waals surface area contributed by atoms with Crippen molar-refractivity contribution in [2.45, 2.75) is 39.3 Å². The highest BCUT2D eigenvalue weighted by molar-refractivity contribution is 5.82. The van der Waals surface area contributed by atoms with Gasteiger partial charge in [-0.2, -0.15) is 0 Å². The Morgan fingerprint density at radius 2 is 2.11 bits per heavy atom. The van der Waals surface area contributed by atoms with Crippen molar-refractivity contribution in [1.29, 1.82) is 0 Å². The molecular formula is C12H20N4O3. The van der Waals surface area contributed by atoms with Gasteiger partial charge in [0, 0.05) is 12.4 Å². The van der Waals surface area contributed by atoms with Crippen LogP contribution >= 0.6 is 0 Å². The van der Waals surface area contributed by atoms with Gasteiger partial charge in [0.15, 0.2) is 0 Å². The quantitative estimate of drug-likeness (QED) is 0.623. The van der Waals surface area contributed by atoms with E-state index in [1.54, 1.807) is 26.2 Å². The number of aliphatic carboxylic acids is 1. The van der Waals surface area contributed by atoms with Crippen LogP contribution in [0.2, 0.25) is 0 Å². The molecule has 3 atom stereocenters. The molecule has 106 valence electrons. The number of amides is 2. The molecular weight excluding hydrogens is 248 g/mol. The van der Waals surface area contributed by atoms with Crippen LogP contribution in [0, 0.1) is 5.92 Å². The second kappa shape index (κ2) is 6.77. The fourth-order valence-electron chi connectivity index (χ4n) is 1.65. The van der Waals surface area contributed by atoms with Gasteiger partial charge >= 0.3 is 12.0 Å². The van der Waals surface area contributed by atoms with Crippen molar-refractivity contribution in [3.63, 3.8) is 0 Å². The molecule has 19 heavy (non-hydrogen) atoms. The summed E-state index contributed by atoms with van der Waals surface area (Å²) in [5, 5.41) is 14.2. The van der Waals surface area contributed by atoms with Gasteiger partial charge in [-0.3, -0.25) is 0 Å². The number of aromatic amines is 1. The number of hydrogen-bond donors (Lipinski definition) is 4. The van der Waals surface area contributed by atoms with Crippen molar-refractivity contribution in [1.82, 2.24) is 20.6 Å². The highest BCUT2D eigenvalue weighted by Gasteiger charge is 2.25. The Balaban J connectivity index is 2.56. The van der Waals surface area contributed by atoms with Crippen molar-refractivity contribution < 1.29 is 14.7 Å². The van der Waals surface area contributed by atoms with E-state index in [9.17, 15) is 9.59 Å². The molecule has 1 aromatic heterocycles. The van der Waals surface area contributed by atoms with Gasteiger partial charge in [0.2, 0.25) is 0 Å². The van der Waals surface area contributed by atoms with Gasteiger partial charge in [0.1, 0.15) is 11.9 Å². The molecule has 0 aliphatic carbocycles. The second-order valence-corrected chi connectivity index (χ2v) is 4.52. The summed E-state index contributed by atoms with van der Waals surface area (Å²) in [5.74, 6) is -0.553. The maximum atomic E-state index is 11.8. The number of aromatic nitrogens is 2. The van der Waals surface area contributed by atoms with Gasteiger partial charge in [-0.15, -0.1) is 0 Å². The Hall–Kier alpha value is -2.05. The summed E-state index contributed by atoms with van der Waals surface area (Å²) in [7, 11) is 0. The van der Waals surface area contributed by atoms with E-state index >= 15 is 0 Å². The number of carboxylic acids is 1. The molecule has 0 aliphatic rings. The number of hydrogen-bond acceptors (Lipinski definition) is 3. The molecule has 7 heteroatoms. The maximum Gasteiger partial charge on any atom is 0.326 e. The topological polar surface area (TPSA) is 107 Å². The fraction of sp³-hybridized carbons (Fsp3) is 0.583. The van der Waals surface area contributed by atoms with E-state index in [0.29, 0.717) is 12.2 Å². The molecule has 0 radical (unpaired) electrons. The lowest BCUT2D eigenvalue weighted by molar-refractivity contribution is -0.140. The summed E-state index contributed by atoms with van der Waals surface area (Å²) in [4.78, 5) is 29.7. The lowest BCUT2D eigenvalue weighted by Crippen LogP contribution is -2.49. The van der Waals surface area contributed by atoms with Crippen LogP contribution in [-0.4, -0.2) is 33.1 Å². The first kappa shape index (κ1) is 15.0. The number of nitrogens with zero attached hydrogens (tertiary/aromatic N) is 1. The molecule has 0 bridgehead atoms. The van der Waals surface area contributed by atoms with Crippen LogP contribution < -0.4 is 10.6 Å². The van der Waals surface area contributed by atoms with Crippen molar-refractivity contribution >= 4 is 12.0 Å². The molecule has 0 saturated carbocycles. The molecule has 7 nitrogen and oxygen atoms in total. The van der Waals surface area contributed by atoms with Crippen LogP contribution in [0.1, 0.15) is 39.1 Å². The smallest absolute Gasteiger partial charge is 0.326 e. The predicted molar refractivity (Wildman–Crippen MR) is 69.5 cm³/mol. The first-order valence-corrected chi connectivity index (χ1v) is 6.24. The molecule has 1 aromatic rings. The number of rotatable bonds is 6. The number of carboxylic acid groups (broad SMARTS) is 1. The molecule has 2 amide bonds. The lowest BCUT2D eigenvalue weighted by atomic mass is 9.99. The SMILES string of the molecule is CCC(C)[C@H](NC(=O)NC(C)c1ncc[nH]1)C(=O)O. The van der Waals surface area contributed by atoms with E-state index < -0.39 is 18.0 Å². The highest BCUT2D eigenvalue weighted by Crippen LogP contribution is 2.09. The summed E-state index contributed by atoms with van der Waals surface area (Å²) < 4.78 is 0. The van der Waals surface area contributed by atoms with Gasteiger partial charge in [-0.1, -0.05) is 20.3 Å². The number of urea groups is 1. The number of H-pyrrole nitrogens is 1. The highest BCUT2D eigenvalue weighted by atomic mass is 16.4. The zero-order valence-corrected chi connectivity index (χ0v) is 11.3.